The van der Waals surface area contributed by atoms with Crippen LogP contribution in [0.3, 0.4) is 0 Å². The molecule has 2 fully saturated rings. The number of carbonyl (C=O) groups is 1. The molecule has 2 heterocycles. The van der Waals surface area contributed by atoms with E-state index in [-0.39, 0.29) is 12.1 Å². The molecule has 1 amide bonds. The fourth-order valence-corrected chi connectivity index (χ4v) is 3.15. The van der Waals surface area contributed by atoms with Gasteiger partial charge >= 0.3 is 0 Å². The molecule has 2 aliphatic rings. The average Bonchev–Trinajstić information content (AvgIpc) is 2.94. The van der Waals surface area contributed by atoms with Gasteiger partial charge in [-0.25, -0.2) is 8.78 Å². The highest BCUT2D eigenvalue weighted by molar-refractivity contribution is 5.94. The predicted molar refractivity (Wildman–Crippen MR) is 70.8 cm³/mol. The molecule has 1 N–H and O–H groups in total. The number of carbonyl (C=O) groups excluding carboxylic acids is 1. The van der Waals surface area contributed by atoms with Crippen molar-refractivity contribution in [3.8, 4) is 0 Å². The summed E-state index contributed by atoms with van der Waals surface area (Å²) in [6, 6.07) is 2.80. The molecule has 6 heteroatoms. The largest absolute Gasteiger partial charge is 0.388 e. The maximum Gasteiger partial charge on any atom is 0.257 e. The zero-order chi connectivity index (χ0) is 15.0. The zero-order valence-corrected chi connectivity index (χ0v) is 11.5. The van der Waals surface area contributed by atoms with Crippen molar-refractivity contribution in [2.45, 2.75) is 31.0 Å². The fourth-order valence-electron chi connectivity index (χ4n) is 3.15. The fraction of sp³-hybridized carbons (Fsp3) is 0.533. The number of rotatable bonds is 1. The van der Waals surface area contributed by atoms with Gasteiger partial charge in [0.1, 0.15) is 17.7 Å². The van der Waals surface area contributed by atoms with E-state index in [1.807, 2.05) is 0 Å². The second-order valence-corrected chi connectivity index (χ2v) is 5.66. The number of piperidine rings is 1. The van der Waals surface area contributed by atoms with Crippen molar-refractivity contribution >= 4 is 5.91 Å². The number of nitrogens with zero attached hydrogens (tertiary/aromatic N) is 1. The minimum Gasteiger partial charge on any atom is -0.388 e. The van der Waals surface area contributed by atoms with Gasteiger partial charge in [-0.2, -0.15) is 0 Å². The summed E-state index contributed by atoms with van der Waals surface area (Å²) in [5.74, 6) is -2.01. The van der Waals surface area contributed by atoms with Crippen LogP contribution >= 0.6 is 0 Å². The Kier molecular flexibility index (Phi) is 3.67. The Labute approximate surface area is 121 Å². The van der Waals surface area contributed by atoms with Crippen LogP contribution in [0.15, 0.2) is 18.2 Å². The number of hydrogen-bond acceptors (Lipinski definition) is 3. The van der Waals surface area contributed by atoms with Crippen LogP contribution in [0.1, 0.15) is 29.6 Å². The van der Waals surface area contributed by atoms with Crippen LogP contribution in [-0.4, -0.2) is 47.3 Å². The van der Waals surface area contributed by atoms with Gasteiger partial charge in [0.15, 0.2) is 0 Å². The first-order valence-corrected chi connectivity index (χ1v) is 7.08. The molecule has 3 rings (SSSR count). The van der Waals surface area contributed by atoms with Crippen molar-refractivity contribution in [2.75, 3.05) is 19.7 Å². The molecule has 2 atom stereocenters. The van der Waals surface area contributed by atoms with E-state index in [9.17, 15) is 18.7 Å². The van der Waals surface area contributed by atoms with Crippen molar-refractivity contribution in [1.82, 2.24) is 4.90 Å². The molecule has 1 spiro atoms. The van der Waals surface area contributed by atoms with Gasteiger partial charge in [-0.05, 0) is 37.5 Å². The molecule has 114 valence electrons. The maximum absolute atomic E-state index is 13.7. The van der Waals surface area contributed by atoms with Crippen LogP contribution in [0.25, 0.3) is 0 Å². The molecular formula is C15H17F2NO3. The van der Waals surface area contributed by atoms with Gasteiger partial charge in [-0.1, -0.05) is 0 Å². The summed E-state index contributed by atoms with van der Waals surface area (Å²) < 4.78 is 32.5. The molecule has 0 bridgehead atoms. The van der Waals surface area contributed by atoms with Crippen molar-refractivity contribution < 1.29 is 23.4 Å². The predicted octanol–water partition coefficient (Wildman–Crippen LogP) is 1.72. The quantitative estimate of drug-likeness (QED) is 0.858. The van der Waals surface area contributed by atoms with Gasteiger partial charge in [0.2, 0.25) is 0 Å². The first kappa shape index (κ1) is 14.4. The zero-order valence-electron chi connectivity index (χ0n) is 11.5. The Morgan fingerprint density at radius 2 is 2.19 bits per heavy atom. The Hall–Kier alpha value is -1.53. The summed E-state index contributed by atoms with van der Waals surface area (Å²) >= 11 is 0. The molecular weight excluding hydrogens is 280 g/mol. The molecule has 0 unspecified atom stereocenters. The van der Waals surface area contributed by atoms with Crippen LogP contribution in [-0.2, 0) is 4.74 Å². The normalized spacial score (nSPS) is 29.1. The van der Waals surface area contributed by atoms with Gasteiger partial charge < -0.3 is 14.7 Å². The maximum atomic E-state index is 13.7. The third kappa shape index (κ3) is 2.53. The molecule has 0 radical (unpaired) electrons. The summed E-state index contributed by atoms with van der Waals surface area (Å²) in [4.78, 5) is 13.6. The molecule has 1 aromatic rings. The smallest absolute Gasteiger partial charge is 0.257 e. The molecule has 1 aromatic carbocycles. The van der Waals surface area contributed by atoms with E-state index in [1.165, 1.54) is 4.90 Å². The number of β-amino-alcohol motifs (C(OH)–C–C–N with tert-alkyl or cyclic N) is 1. The molecule has 2 saturated heterocycles. The minimum atomic E-state index is -0.797. The highest BCUT2D eigenvalue weighted by Crippen LogP contribution is 2.36. The van der Waals surface area contributed by atoms with E-state index in [0.717, 1.165) is 31.0 Å². The number of amides is 1. The van der Waals surface area contributed by atoms with Gasteiger partial charge in [0, 0.05) is 19.7 Å². The van der Waals surface area contributed by atoms with Gasteiger partial charge in [-0.3, -0.25) is 4.79 Å². The number of ether oxygens (including phenoxy) is 1. The first-order valence-electron chi connectivity index (χ1n) is 7.08. The SMILES string of the molecule is O=C(c1cc(F)ccc1F)N1CC[C@@]2(CCCO2)[C@@H](O)C1. The topological polar surface area (TPSA) is 49.8 Å². The van der Waals surface area contributed by atoms with Gasteiger partial charge in [0.05, 0.1) is 11.2 Å². The second kappa shape index (κ2) is 5.35. The van der Waals surface area contributed by atoms with Crippen molar-refractivity contribution in [3.05, 3.63) is 35.4 Å². The van der Waals surface area contributed by atoms with E-state index >= 15 is 0 Å². The highest BCUT2D eigenvalue weighted by atomic mass is 19.1. The van der Waals surface area contributed by atoms with Crippen molar-refractivity contribution in [3.63, 3.8) is 0 Å². The van der Waals surface area contributed by atoms with Crippen molar-refractivity contribution in [1.29, 1.82) is 0 Å². The molecule has 0 aliphatic carbocycles. The Balaban J connectivity index is 1.76. The minimum absolute atomic E-state index is 0.0782. The van der Waals surface area contributed by atoms with E-state index in [2.05, 4.69) is 0 Å². The summed E-state index contributed by atoms with van der Waals surface area (Å²) in [7, 11) is 0. The number of likely N-dealkylation sites (tertiary alicyclic amines) is 1. The third-order valence-corrected chi connectivity index (χ3v) is 4.39. The Bertz CT molecular complexity index is 558. The molecule has 0 saturated carbocycles. The number of halogens is 2. The average molecular weight is 297 g/mol. The standard InChI is InChI=1S/C15H17F2NO3/c16-10-2-3-12(17)11(8-10)14(20)18-6-5-15(13(19)9-18)4-1-7-21-15/h2-3,8,13,19H,1,4-7,9H2/t13-,15-/m0/s1. The molecule has 2 aliphatic heterocycles. The summed E-state index contributed by atoms with van der Waals surface area (Å²) in [6.07, 6.45) is 1.37. The molecule has 4 nitrogen and oxygen atoms in total. The summed E-state index contributed by atoms with van der Waals surface area (Å²) in [5.41, 5.74) is -0.873. The second-order valence-electron chi connectivity index (χ2n) is 5.66. The molecule has 0 aromatic heterocycles. The number of aliphatic hydroxyl groups excluding tert-OH is 1. The summed E-state index contributed by atoms with van der Waals surface area (Å²) in [5, 5.41) is 10.3. The van der Waals surface area contributed by atoms with Crippen LogP contribution in [0, 0.1) is 11.6 Å². The lowest BCUT2D eigenvalue weighted by molar-refractivity contribution is -0.123. The monoisotopic (exact) mass is 297 g/mol. The summed E-state index contributed by atoms with van der Waals surface area (Å²) in [6.45, 7) is 1.06. The number of benzene rings is 1. The highest BCUT2D eigenvalue weighted by Gasteiger charge is 2.46. The Morgan fingerprint density at radius 1 is 1.38 bits per heavy atom. The van der Waals surface area contributed by atoms with E-state index < -0.39 is 29.2 Å². The van der Waals surface area contributed by atoms with Crippen LogP contribution in [0.5, 0.6) is 0 Å². The van der Waals surface area contributed by atoms with E-state index in [1.54, 1.807) is 0 Å². The van der Waals surface area contributed by atoms with Gasteiger partial charge in [-0.15, -0.1) is 0 Å². The lowest BCUT2D eigenvalue weighted by Crippen LogP contribution is -2.56. The third-order valence-electron chi connectivity index (χ3n) is 4.39. The van der Waals surface area contributed by atoms with E-state index in [4.69, 9.17) is 4.74 Å². The first-order chi connectivity index (χ1) is 10.0. The Morgan fingerprint density at radius 3 is 2.86 bits per heavy atom. The number of hydrogen-bond donors (Lipinski definition) is 1. The lowest BCUT2D eigenvalue weighted by Gasteiger charge is -2.42. The van der Waals surface area contributed by atoms with Crippen molar-refractivity contribution in [2.24, 2.45) is 0 Å². The van der Waals surface area contributed by atoms with Crippen LogP contribution < -0.4 is 0 Å². The number of aliphatic hydroxyl groups is 1. The lowest BCUT2D eigenvalue weighted by atomic mass is 9.86. The van der Waals surface area contributed by atoms with Crippen LogP contribution in [0.4, 0.5) is 8.78 Å². The van der Waals surface area contributed by atoms with Crippen LogP contribution in [0.2, 0.25) is 0 Å². The van der Waals surface area contributed by atoms with Gasteiger partial charge in [0.25, 0.3) is 5.91 Å². The molecule has 21 heavy (non-hydrogen) atoms. The van der Waals surface area contributed by atoms with E-state index in [0.29, 0.717) is 19.6 Å².